The van der Waals surface area contributed by atoms with Crippen LogP contribution in [0, 0.1) is 0 Å². The van der Waals surface area contributed by atoms with E-state index in [1.54, 1.807) is 0 Å². The second-order valence-electron chi connectivity index (χ2n) is 5.93. The summed E-state index contributed by atoms with van der Waals surface area (Å²) in [5.74, 6) is 0. The van der Waals surface area contributed by atoms with E-state index in [9.17, 15) is 0 Å². The standard InChI is InChI=1S/C16H20N6/c1-12-7-17-5-6-21(12)16-9-19-22-11-13(3-4-15(16)22)14-8-18-20(2)10-14/h3-4,8-12,17H,5-7H2,1-2H3. The van der Waals surface area contributed by atoms with Crippen LogP contribution in [0.1, 0.15) is 6.92 Å². The van der Waals surface area contributed by atoms with Gasteiger partial charge in [0.1, 0.15) is 0 Å². The number of nitrogens with one attached hydrogen (secondary N) is 1. The van der Waals surface area contributed by atoms with Gasteiger partial charge in [0, 0.05) is 56.2 Å². The normalized spacial score (nSPS) is 19.0. The lowest BCUT2D eigenvalue weighted by Crippen LogP contribution is -2.49. The molecule has 1 saturated heterocycles. The van der Waals surface area contributed by atoms with Gasteiger partial charge < -0.3 is 10.2 Å². The molecule has 0 bridgehead atoms. The van der Waals surface area contributed by atoms with E-state index in [4.69, 9.17) is 0 Å². The third-order valence-corrected chi connectivity index (χ3v) is 4.34. The molecule has 22 heavy (non-hydrogen) atoms. The van der Waals surface area contributed by atoms with Crippen LogP contribution in [0.25, 0.3) is 16.6 Å². The molecule has 0 aliphatic carbocycles. The molecular formula is C16H20N6. The van der Waals surface area contributed by atoms with Gasteiger partial charge in [-0.1, -0.05) is 6.07 Å². The van der Waals surface area contributed by atoms with Gasteiger partial charge in [0.05, 0.1) is 23.6 Å². The van der Waals surface area contributed by atoms with E-state index in [0.29, 0.717) is 6.04 Å². The third-order valence-electron chi connectivity index (χ3n) is 4.34. The summed E-state index contributed by atoms with van der Waals surface area (Å²) in [7, 11) is 1.93. The zero-order chi connectivity index (χ0) is 15.1. The Balaban J connectivity index is 1.74. The molecule has 114 valence electrons. The number of hydrogen-bond donors (Lipinski definition) is 1. The van der Waals surface area contributed by atoms with E-state index >= 15 is 0 Å². The summed E-state index contributed by atoms with van der Waals surface area (Å²) in [5.41, 5.74) is 4.61. The zero-order valence-electron chi connectivity index (χ0n) is 12.9. The highest BCUT2D eigenvalue weighted by molar-refractivity contribution is 5.75. The Morgan fingerprint density at radius 3 is 2.82 bits per heavy atom. The monoisotopic (exact) mass is 296 g/mol. The van der Waals surface area contributed by atoms with E-state index in [-0.39, 0.29) is 0 Å². The van der Waals surface area contributed by atoms with Crippen molar-refractivity contribution in [3.63, 3.8) is 0 Å². The molecule has 1 unspecified atom stereocenters. The predicted octanol–water partition coefficient (Wildman–Crippen LogP) is 1.53. The van der Waals surface area contributed by atoms with E-state index in [1.807, 2.05) is 34.8 Å². The van der Waals surface area contributed by atoms with Crippen LogP contribution in [-0.4, -0.2) is 45.1 Å². The second-order valence-corrected chi connectivity index (χ2v) is 5.93. The Hall–Kier alpha value is -2.34. The van der Waals surface area contributed by atoms with Crippen molar-refractivity contribution >= 4 is 11.2 Å². The molecule has 3 aromatic heterocycles. The van der Waals surface area contributed by atoms with Crippen molar-refractivity contribution in [2.24, 2.45) is 7.05 Å². The first-order valence-electron chi connectivity index (χ1n) is 7.66. The number of piperazine rings is 1. The Kier molecular flexibility index (Phi) is 3.11. The number of fused-ring (bicyclic) bond motifs is 1. The van der Waals surface area contributed by atoms with Gasteiger partial charge >= 0.3 is 0 Å². The summed E-state index contributed by atoms with van der Waals surface area (Å²) >= 11 is 0. The summed E-state index contributed by atoms with van der Waals surface area (Å²) in [6.07, 6.45) is 7.95. The Morgan fingerprint density at radius 2 is 2.05 bits per heavy atom. The van der Waals surface area contributed by atoms with Crippen LogP contribution in [-0.2, 0) is 7.05 Å². The summed E-state index contributed by atoms with van der Waals surface area (Å²) in [4.78, 5) is 2.43. The smallest absolute Gasteiger partial charge is 0.0896 e. The number of aromatic nitrogens is 4. The molecule has 0 aromatic carbocycles. The lowest BCUT2D eigenvalue weighted by molar-refractivity contribution is 0.502. The highest BCUT2D eigenvalue weighted by Crippen LogP contribution is 2.27. The fourth-order valence-corrected chi connectivity index (χ4v) is 3.13. The first-order chi connectivity index (χ1) is 10.7. The third kappa shape index (κ3) is 2.16. The molecule has 3 aromatic rings. The van der Waals surface area contributed by atoms with Crippen molar-refractivity contribution < 1.29 is 0 Å². The maximum atomic E-state index is 4.55. The van der Waals surface area contributed by atoms with Crippen molar-refractivity contribution in [3.8, 4) is 11.1 Å². The zero-order valence-corrected chi connectivity index (χ0v) is 12.9. The number of rotatable bonds is 2. The Morgan fingerprint density at radius 1 is 1.14 bits per heavy atom. The van der Waals surface area contributed by atoms with Gasteiger partial charge in [-0.2, -0.15) is 10.2 Å². The molecule has 1 aliphatic heterocycles. The van der Waals surface area contributed by atoms with Crippen LogP contribution < -0.4 is 10.2 Å². The number of anilines is 1. The fourth-order valence-electron chi connectivity index (χ4n) is 3.13. The van der Waals surface area contributed by atoms with Crippen molar-refractivity contribution in [1.82, 2.24) is 24.7 Å². The van der Waals surface area contributed by atoms with E-state index < -0.39 is 0 Å². The van der Waals surface area contributed by atoms with Gasteiger partial charge in [-0.05, 0) is 13.0 Å². The molecular weight excluding hydrogens is 276 g/mol. The average molecular weight is 296 g/mol. The first kappa shape index (κ1) is 13.3. The van der Waals surface area contributed by atoms with E-state index in [2.05, 4.69) is 45.7 Å². The van der Waals surface area contributed by atoms with Crippen molar-refractivity contribution in [2.45, 2.75) is 13.0 Å². The molecule has 4 heterocycles. The van der Waals surface area contributed by atoms with Gasteiger partial charge in [0.15, 0.2) is 0 Å². The lowest BCUT2D eigenvalue weighted by Gasteiger charge is -2.35. The minimum Gasteiger partial charge on any atom is -0.363 e. The van der Waals surface area contributed by atoms with Crippen LogP contribution in [0.5, 0.6) is 0 Å². The Labute approximate surface area is 129 Å². The van der Waals surface area contributed by atoms with E-state index in [0.717, 1.165) is 36.3 Å². The fraction of sp³-hybridized carbons (Fsp3) is 0.375. The van der Waals surface area contributed by atoms with Crippen LogP contribution in [0.15, 0.2) is 36.9 Å². The van der Waals surface area contributed by atoms with Crippen LogP contribution >= 0.6 is 0 Å². The molecule has 4 rings (SSSR count). The van der Waals surface area contributed by atoms with Gasteiger partial charge in [0.2, 0.25) is 0 Å². The van der Waals surface area contributed by atoms with Crippen LogP contribution in [0.4, 0.5) is 5.69 Å². The van der Waals surface area contributed by atoms with Crippen LogP contribution in [0.3, 0.4) is 0 Å². The predicted molar refractivity (Wildman–Crippen MR) is 87.1 cm³/mol. The highest BCUT2D eigenvalue weighted by Gasteiger charge is 2.21. The first-order valence-corrected chi connectivity index (χ1v) is 7.66. The topological polar surface area (TPSA) is 50.4 Å². The molecule has 6 nitrogen and oxygen atoms in total. The minimum absolute atomic E-state index is 0.486. The van der Waals surface area contributed by atoms with Gasteiger partial charge in [-0.15, -0.1) is 0 Å². The number of nitrogens with zero attached hydrogens (tertiary/aromatic N) is 5. The summed E-state index contributed by atoms with van der Waals surface area (Å²) < 4.78 is 3.78. The molecule has 0 radical (unpaired) electrons. The molecule has 1 N–H and O–H groups in total. The molecule has 1 fully saturated rings. The van der Waals surface area contributed by atoms with Crippen LogP contribution in [0.2, 0.25) is 0 Å². The highest BCUT2D eigenvalue weighted by atomic mass is 15.3. The minimum atomic E-state index is 0.486. The molecule has 0 spiro atoms. The molecule has 1 aliphatic rings. The number of aryl methyl sites for hydroxylation is 1. The molecule has 0 amide bonds. The van der Waals surface area contributed by atoms with Crippen molar-refractivity contribution in [2.75, 3.05) is 24.5 Å². The lowest BCUT2D eigenvalue weighted by atomic mass is 10.1. The molecule has 1 atom stereocenters. The average Bonchev–Trinajstić information content (AvgIpc) is 3.13. The molecule has 6 heteroatoms. The molecule has 0 saturated carbocycles. The largest absolute Gasteiger partial charge is 0.363 e. The number of pyridine rings is 1. The Bertz CT molecular complexity index is 802. The summed E-state index contributed by atoms with van der Waals surface area (Å²) in [5, 5.41) is 12.2. The summed E-state index contributed by atoms with van der Waals surface area (Å²) in [6, 6.07) is 4.78. The van der Waals surface area contributed by atoms with Crippen molar-refractivity contribution in [1.29, 1.82) is 0 Å². The quantitative estimate of drug-likeness (QED) is 0.779. The van der Waals surface area contributed by atoms with Gasteiger partial charge in [0.25, 0.3) is 0 Å². The van der Waals surface area contributed by atoms with E-state index in [1.165, 1.54) is 5.69 Å². The SMILES string of the molecule is CC1CNCCN1c1cnn2cc(-c3cnn(C)c3)ccc12. The maximum absolute atomic E-state index is 4.55. The summed E-state index contributed by atoms with van der Waals surface area (Å²) in [6.45, 7) is 5.31. The maximum Gasteiger partial charge on any atom is 0.0896 e. The van der Waals surface area contributed by atoms with Gasteiger partial charge in [-0.3, -0.25) is 4.68 Å². The van der Waals surface area contributed by atoms with Crippen molar-refractivity contribution in [3.05, 3.63) is 36.9 Å². The number of hydrogen-bond acceptors (Lipinski definition) is 4. The second kappa shape index (κ2) is 5.14. The van der Waals surface area contributed by atoms with Gasteiger partial charge in [-0.25, -0.2) is 4.52 Å².